The number of nitrogens with zero attached hydrogens (tertiary/aromatic N) is 1. The number of aliphatic hydroxyl groups is 1. The molecule has 1 saturated heterocycles. The van der Waals surface area contributed by atoms with Crippen LogP contribution in [0.5, 0.6) is 0 Å². The van der Waals surface area contributed by atoms with Crippen LogP contribution in [-0.4, -0.2) is 60.9 Å². The Balaban J connectivity index is 1.68. The van der Waals surface area contributed by atoms with Crippen molar-refractivity contribution in [2.24, 2.45) is 0 Å². The summed E-state index contributed by atoms with van der Waals surface area (Å²) in [7, 11) is 0. The Hall–Kier alpha value is -0.650. The van der Waals surface area contributed by atoms with E-state index in [0.717, 1.165) is 19.4 Å². The third kappa shape index (κ3) is 3.43. The molecule has 1 amide bonds. The van der Waals surface area contributed by atoms with Crippen LogP contribution in [0.2, 0.25) is 0 Å². The van der Waals surface area contributed by atoms with Gasteiger partial charge in [0.15, 0.2) is 0 Å². The van der Waals surface area contributed by atoms with Crippen molar-refractivity contribution in [1.82, 2.24) is 10.2 Å². The van der Waals surface area contributed by atoms with Gasteiger partial charge in [-0.3, -0.25) is 9.69 Å². The lowest BCUT2D eigenvalue weighted by molar-refractivity contribution is -0.122. The molecule has 0 aromatic rings. The number of morpholine rings is 1. The quantitative estimate of drug-likeness (QED) is 0.656. The number of rotatable bonds is 5. The maximum Gasteiger partial charge on any atom is 0.221 e. The molecule has 0 radical (unpaired) electrons. The van der Waals surface area contributed by atoms with Crippen LogP contribution in [0.15, 0.2) is 0 Å². The van der Waals surface area contributed by atoms with Gasteiger partial charge in [-0.05, 0) is 12.8 Å². The second-order valence-electron chi connectivity index (χ2n) is 4.54. The van der Waals surface area contributed by atoms with Crippen molar-refractivity contribution in [1.29, 1.82) is 0 Å². The minimum absolute atomic E-state index is 0.0578. The molecule has 2 aliphatic rings. The molecule has 2 rings (SSSR count). The van der Waals surface area contributed by atoms with E-state index in [9.17, 15) is 4.79 Å². The van der Waals surface area contributed by atoms with E-state index in [-0.39, 0.29) is 18.6 Å². The van der Waals surface area contributed by atoms with Crippen molar-refractivity contribution in [3.05, 3.63) is 0 Å². The number of carbonyl (C=O) groups is 1. The van der Waals surface area contributed by atoms with Crippen molar-refractivity contribution < 1.29 is 14.6 Å². The zero-order valence-electron chi connectivity index (χ0n) is 9.52. The number of nitrogens with one attached hydrogen (secondary N) is 1. The molecule has 16 heavy (non-hydrogen) atoms. The van der Waals surface area contributed by atoms with Crippen LogP contribution in [0.3, 0.4) is 0 Å². The fourth-order valence-corrected chi connectivity index (χ4v) is 1.92. The van der Waals surface area contributed by atoms with Crippen molar-refractivity contribution in [2.75, 3.05) is 32.9 Å². The summed E-state index contributed by atoms with van der Waals surface area (Å²) in [5.74, 6) is 0.130. The highest BCUT2D eigenvalue weighted by Crippen LogP contribution is 2.18. The van der Waals surface area contributed by atoms with Gasteiger partial charge in [0.1, 0.15) is 0 Å². The van der Waals surface area contributed by atoms with Crippen LogP contribution in [-0.2, 0) is 9.53 Å². The molecule has 5 heteroatoms. The van der Waals surface area contributed by atoms with E-state index in [0.29, 0.717) is 32.2 Å². The molecule has 92 valence electrons. The summed E-state index contributed by atoms with van der Waals surface area (Å²) >= 11 is 0. The van der Waals surface area contributed by atoms with Gasteiger partial charge in [0.25, 0.3) is 0 Å². The first-order valence-electron chi connectivity index (χ1n) is 6.01. The van der Waals surface area contributed by atoms with Crippen LogP contribution in [0, 0.1) is 0 Å². The minimum Gasteiger partial charge on any atom is -0.395 e. The molecule has 1 aliphatic carbocycles. The summed E-state index contributed by atoms with van der Waals surface area (Å²) in [5.41, 5.74) is 0. The number of hydrogen-bond acceptors (Lipinski definition) is 4. The zero-order valence-corrected chi connectivity index (χ0v) is 9.52. The number of aliphatic hydroxyl groups excluding tert-OH is 1. The fraction of sp³-hybridized carbons (Fsp3) is 0.909. The van der Waals surface area contributed by atoms with Crippen LogP contribution in [0.4, 0.5) is 0 Å². The summed E-state index contributed by atoms with van der Waals surface area (Å²) in [6.07, 6.45) is 2.78. The average Bonchev–Trinajstić information content (AvgIpc) is 3.10. The van der Waals surface area contributed by atoms with E-state index in [1.54, 1.807) is 0 Å². The summed E-state index contributed by atoms with van der Waals surface area (Å²) in [6.45, 7) is 2.89. The van der Waals surface area contributed by atoms with E-state index in [4.69, 9.17) is 9.84 Å². The predicted octanol–water partition coefficient (Wildman–Crippen LogP) is -0.652. The predicted molar refractivity (Wildman–Crippen MR) is 59.0 cm³/mol. The highest BCUT2D eigenvalue weighted by atomic mass is 16.5. The van der Waals surface area contributed by atoms with E-state index in [1.165, 1.54) is 0 Å². The van der Waals surface area contributed by atoms with E-state index < -0.39 is 0 Å². The Morgan fingerprint density at radius 3 is 3.00 bits per heavy atom. The lowest BCUT2D eigenvalue weighted by Crippen LogP contribution is -2.48. The molecule has 0 aromatic heterocycles. The molecule has 0 spiro atoms. The summed E-state index contributed by atoms with van der Waals surface area (Å²) in [6, 6.07) is 0.494. The topological polar surface area (TPSA) is 61.8 Å². The van der Waals surface area contributed by atoms with Gasteiger partial charge in [-0.15, -0.1) is 0 Å². The van der Waals surface area contributed by atoms with Crippen molar-refractivity contribution >= 4 is 5.91 Å². The average molecular weight is 228 g/mol. The van der Waals surface area contributed by atoms with E-state index >= 15 is 0 Å². The molecule has 1 unspecified atom stereocenters. The molecule has 5 nitrogen and oxygen atoms in total. The van der Waals surface area contributed by atoms with Crippen LogP contribution in [0.25, 0.3) is 0 Å². The van der Waals surface area contributed by atoms with Crippen LogP contribution < -0.4 is 5.32 Å². The lowest BCUT2D eigenvalue weighted by atomic mass is 10.2. The fourth-order valence-electron chi connectivity index (χ4n) is 1.92. The largest absolute Gasteiger partial charge is 0.395 e. The third-order valence-electron chi connectivity index (χ3n) is 3.13. The summed E-state index contributed by atoms with van der Waals surface area (Å²) in [4.78, 5) is 13.6. The van der Waals surface area contributed by atoms with E-state index in [1.807, 2.05) is 0 Å². The number of ether oxygens (including phenoxy) is 1. The molecule has 0 aromatic carbocycles. The van der Waals surface area contributed by atoms with Gasteiger partial charge >= 0.3 is 0 Å². The van der Waals surface area contributed by atoms with Crippen molar-refractivity contribution in [3.63, 3.8) is 0 Å². The highest BCUT2D eigenvalue weighted by Gasteiger charge is 2.25. The van der Waals surface area contributed by atoms with Gasteiger partial charge in [-0.2, -0.15) is 0 Å². The number of hydrogen-bond donors (Lipinski definition) is 2. The molecule has 0 bridgehead atoms. The third-order valence-corrected chi connectivity index (χ3v) is 3.13. The first-order chi connectivity index (χ1) is 7.79. The van der Waals surface area contributed by atoms with E-state index in [2.05, 4.69) is 10.2 Å². The Labute approximate surface area is 95.8 Å². The molecular weight excluding hydrogens is 208 g/mol. The second-order valence-corrected chi connectivity index (χ2v) is 4.54. The van der Waals surface area contributed by atoms with Crippen LogP contribution in [0.1, 0.15) is 19.3 Å². The summed E-state index contributed by atoms with van der Waals surface area (Å²) in [5, 5.41) is 12.1. The zero-order chi connectivity index (χ0) is 11.4. The van der Waals surface area contributed by atoms with Gasteiger partial charge in [0.2, 0.25) is 5.91 Å². The van der Waals surface area contributed by atoms with Crippen LogP contribution >= 0.6 is 0 Å². The highest BCUT2D eigenvalue weighted by molar-refractivity contribution is 5.76. The molecule has 2 fully saturated rings. The standard InChI is InChI=1S/C11H20N2O3/c14-7-10-8-16-6-5-13(10)4-3-11(15)12-9-1-2-9/h9-10,14H,1-8H2,(H,12,15). The van der Waals surface area contributed by atoms with Gasteiger partial charge in [0, 0.05) is 25.6 Å². The molecular formula is C11H20N2O3. The minimum atomic E-state index is 0.0578. The smallest absolute Gasteiger partial charge is 0.221 e. The number of carbonyl (C=O) groups excluding carboxylic acids is 1. The Kier molecular flexibility index (Phi) is 4.15. The SMILES string of the molecule is O=C(CCN1CCOCC1CO)NC1CC1. The molecule has 1 saturated carbocycles. The Morgan fingerprint density at radius 1 is 1.50 bits per heavy atom. The Bertz CT molecular complexity index is 243. The monoisotopic (exact) mass is 228 g/mol. The first-order valence-corrected chi connectivity index (χ1v) is 6.01. The maximum absolute atomic E-state index is 11.5. The van der Waals surface area contributed by atoms with Gasteiger partial charge in [-0.25, -0.2) is 0 Å². The first kappa shape index (κ1) is 11.8. The lowest BCUT2D eigenvalue weighted by Gasteiger charge is -2.34. The molecule has 1 heterocycles. The van der Waals surface area contributed by atoms with Crippen molar-refractivity contribution in [3.8, 4) is 0 Å². The van der Waals surface area contributed by atoms with Gasteiger partial charge in [0.05, 0.1) is 25.9 Å². The molecule has 1 aliphatic heterocycles. The normalized spacial score (nSPS) is 26.7. The maximum atomic E-state index is 11.5. The molecule has 2 N–H and O–H groups in total. The Morgan fingerprint density at radius 2 is 2.31 bits per heavy atom. The molecule has 1 atom stereocenters. The van der Waals surface area contributed by atoms with Gasteiger partial charge < -0.3 is 15.2 Å². The second kappa shape index (κ2) is 5.61. The van der Waals surface area contributed by atoms with Crippen molar-refractivity contribution in [2.45, 2.75) is 31.3 Å². The van der Waals surface area contributed by atoms with Gasteiger partial charge in [-0.1, -0.05) is 0 Å². The summed E-state index contributed by atoms with van der Waals surface area (Å²) < 4.78 is 5.28. The number of amides is 1.